The number of carbonyl (C=O) groups is 1. The van der Waals surface area contributed by atoms with Crippen LogP contribution in [0, 0.1) is 45.4 Å². The third kappa shape index (κ3) is 10.4. The van der Waals surface area contributed by atoms with Gasteiger partial charge in [0.05, 0.1) is 36.4 Å². The summed E-state index contributed by atoms with van der Waals surface area (Å²) in [5.41, 5.74) is 3.75. The minimum Gasteiger partial charge on any atom is -0.383 e. The minimum atomic E-state index is -4.07. The number of carbonyl (C=O) groups excluding carboxylic acids is 1. The second-order valence-corrected chi connectivity index (χ2v) is 22.5. The average Bonchev–Trinajstić information content (AvgIpc) is 4.01. The van der Waals surface area contributed by atoms with Gasteiger partial charge < -0.3 is 25.0 Å². The smallest absolute Gasteiger partial charge is 0.383 e. The SMILES string of the molecule is COCCN(C(=O)NS(=O)(=O)[N+]1(CC2CCC(CNc3nc(-c4nc(C)sc4C)cs3)CC2)CCOCC1)C1CCC(CNc2nc(-c3nc(C)sc3C)cs2)CC1. The molecule has 2 aliphatic carbocycles. The van der Waals surface area contributed by atoms with Gasteiger partial charge in [0.15, 0.2) is 10.3 Å². The maximum absolute atomic E-state index is 14.4. The summed E-state index contributed by atoms with van der Waals surface area (Å²) in [5.74, 6) is 1.16. The van der Waals surface area contributed by atoms with Gasteiger partial charge in [-0.3, -0.25) is 0 Å². The van der Waals surface area contributed by atoms with Crippen molar-refractivity contribution < 1.29 is 26.6 Å². The van der Waals surface area contributed by atoms with Crippen LogP contribution < -0.4 is 15.4 Å². The molecule has 3 fully saturated rings. The predicted molar refractivity (Wildman–Crippen MR) is 235 cm³/mol. The van der Waals surface area contributed by atoms with Crippen molar-refractivity contribution in [2.45, 2.75) is 85.1 Å². The number of amides is 2. The number of thiazole rings is 4. The molecule has 0 radical (unpaired) electrons. The lowest BCUT2D eigenvalue weighted by Crippen LogP contribution is -2.66. The van der Waals surface area contributed by atoms with Gasteiger partial charge in [-0.05, 0) is 90.9 Å². The van der Waals surface area contributed by atoms with Crippen LogP contribution in [0.3, 0.4) is 0 Å². The van der Waals surface area contributed by atoms with Crippen LogP contribution in [0.1, 0.15) is 71.1 Å². The van der Waals surface area contributed by atoms with Crippen LogP contribution in [0.2, 0.25) is 0 Å². The van der Waals surface area contributed by atoms with E-state index in [2.05, 4.69) is 49.9 Å². The zero-order valence-corrected chi connectivity index (χ0v) is 38.3. The van der Waals surface area contributed by atoms with Gasteiger partial charge in [0.25, 0.3) is 0 Å². The second-order valence-electron chi connectivity index (χ2n) is 16.0. The van der Waals surface area contributed by atoms with E-state index in [1.807, 2.05) is 13.8 Å². The van der Waals surface area contributed by atoms with E-state index >= 15 is 0 Å². The van der Waals surface area contributed by atoms with E-state index in [0.29, 0.717) is 57.8 Å². The molecule has 5 heterocycles. The second kappa shape index (κ2) is 19.3. The fraction of sp³-hybridized carbons (Fsp3) is 0.667. The fourth-order valence-electron chi connectivity index (χ4n) is 8.78. The monoisotopic (exact) mass is 892 g/mol. The number of nitrogens with one attached hydrogen (secondary N) is 3. The lowest BCUT2D eigenvalue weighted by molar-refractivity contribution is -0.821. The van der Waals surface area contributed by atoms with Gasteiger partial charge in [0.2, 0.25) is 0 Å². The first-order valence-electron chi connectivity index (χ1n) is 20.5. The molecule has 2 amide bonds. The molecule has 4 aromatic rings. The van der Waals surface area contributed by atoms with Gasteiger partial charge in [-0.1, -0.05) is 0 Å². The third-order valence-corrected chi connectivity index (χ3v) is 17.3. The maximum Gasteiger partial charge on any atom is 0.397 e. The van der Waals surface area contributed by atoms with E-state index in [0.717, 1.165) is 108 Å². The summed E-state index contributed by atoms with van der Waals surface area (Å²) in [7, 11) is -2.47. The molecule has 3 aliphatic rings. The first-order chi connectivity index (χ1) is 27.9. The zero-order chi connectivity index (χ0) is 40.9. The van der Waals surface area contributed by atoms with Crippen molar-refractivity contribution in [1.29, 1.82) is 0 Å². The molecule has 58 heavy (non-hydrogen) atoms. The number of methoxy groups -OCH3 is 1. The van der Waals surface area contributed by atoms with E-state index < -0.39 is 16.2 Å². The Labute approximate surface area is 359 Å². The number of urea groups is 1. The summed E-state index contributed by atoms with van der Waals surface area (Å²) in [6.07, 6.45) is 7.38. The highest BCUT2D eigenvalue weighted by molar-refractivity contribution is 7.84. The quantitative estimate of drug-likeness (QED) is 0.0946. The van der Waals surface area contributed by atoms with E-state index in [4.69, 9.17) is 19.4 Å². The summed E-state index contributed by atoms with van der Waals surface area (Å²) in [6.45, 7) is 12.3. The van der Waals surface area contributed by atoms with E-state index in [-0.39, 0.29) is 15.8 Å². The van der Waals surface area contributed by atoms with Crippen LogP contribution in [0.4, 0.5) is 15.1 Å². The number of morpholine rings is 1. The molecule has 0 atom stereocenters. The Morgan fingerprint density at radius 2 is 1.29 bits per heavy atom. The van der Waals surface area contributed by atoms with Crippen LogP contribution in [0.5, 0.6) is 0 Å². The van der Waals surface area contributed by atoms with Gasteiger partial charge in [-0.25, -0.2) is 24.7 Å². The van der Waals surface area contributed by atoms with Gasteiger partial charge in [0, 0.05) is 59.2 Å². The summed E-state index contributed by atoms with van der Waals surface area (Å²) in [6, 6.07) is -0.617. The molecule has 2 saturated carbocycles. The highest BCUT2D eigenvalue weighted by atomic mass is 32.2. The van der Waals surface area contributed by atoms with E-state index in [1.54, 1.807) is 57.4 Å². The Morgan fingerprint density at radius 3 is 1.78 bits per heavy atom. The molecule has 0 bridgehead atoms. The van der Waals surface area contributed by atoms with Crippen molar-refractivity contribution in [1.82, 2.24) is 29.6 Å². The highest BCUT2D eigenvalue weighted by Crippen LogP contribution is 2.36. The van der Waals surface area contributed by atoms with Crippen molar-refractivity contribution >= 4 is 71.9 Å². The lowest BCUT2D eigenvalue weighted by atomic mass is 9.81. The van der Waals surface area contributed by atoms with Crippen molar-refractivity contribution in [3.05, 3.63) is 30.5 Å². The van der Waals surface area contributed by atoms with Gasteiger partial charge >= 0.3 is 16.2 Å². The molecule has 0 spiro atoms. The first-order valence-corrected chi connectivity index (χ1v) is 25.3. The number of rotatable bonds is 16. The molecular formula is C39H58N9O5S5+. The largest absolute Gasteiger partial charge is 0.397 e. The normalized spacial score (nSPS) is 22.4. The van der Waals surface area contributed by atoms with Gasteiger partial charge in [0.1, 0.15) is 35.9 Å². The Balaban J connectivity index is 0.903. The maximum atomic E-state index is 14.4. The number of ether oxygens (including phenoxy) is 2. The zero-order valence-electron chi connectivity index (χ0n) is 34.3. The first kappa shape index (κ1) is 43.3. The van der Waals surface area contributed by atoms with Crippen molar-refractivity contribution in [3.63, 3.8) is 0 Å². The summed E-state index contributed by atoms with van der Waals surface area (Å²) in [5, 5.41) is 15.1. The molecule has 318 valence electrons. The number of aromatic nitrogens is 4. The third-order valence-electron chi connectivity index (χ3n) is 12.0. The van der Waals surface area contributed by atoms with Crippen molar-refractivity contribution in [2.75, 3.05) is 76.8 Å². The molecule has 7 rings (SSSR count). The minimum absolute atomic E-state index is 0.0671. The van der Waals surface area contributed by atoms with E-state index in [1.165, 1.54) is 9.75 Å². The van der Waals surface area contributed by atoms with Crippen LogP contribution in [0.25, 0.3) is 22.8 Å². The molecule has 14 nitrogen and oxygen atoms in total. The lowest BCUT2D eigenvalue weighted by Gasteiger charge is -2.43. The molecule has 19 heteroatoms. The number of nitrogens with zero attached hydrogens (tertiary/aromatic N) is 6. The van der Waals surface area contributed by atoms with Crippen LogP contribution in [0.15, 0.2) is 10.8 Å². The molecular weight excluding hydrogens is 835 g/mol. The van der Waals surface area contributed by atoms with Crippen LogP contribution >= 0.6 is 45.3 Å². The Hall–Kier alpha value is -2.78. The Bertz CT molecular complexity index is 2080. The summed E-state index contributed by atoms with van der Waals surface area (Å²) in [4.78, 5) is 37.0. The molecule has 1 saturated heterocycles. The Morgan fingerprint density at radius 1 is 0.793 bits per heavy atom. The number of aryl methyl sites for hydroxylation is 4. The van der Waals surface area contributed by atoms with Crippen LogP contribution in [-0.2, 0) is 19.7 Å². The molecule has 0 unspecified atom stereocenters. The molecule has 3 N–H and O–H groups in total. The topological polar surface area (TPSA) is 161 Å². The standard InChI is InChI=1S/C39H57N9O5S5/c1-25-35(42-27(3)56-25)33-23-54-37(44-33)40-20-29-6-8-31(9-7-29)22-48(15-18-53-19-16-48)58(50,51)46-39(49)47(14-17-52-5)32-12-10-30(11-13-32)21-41-38-45-34(24-55-38)36-26(2)57-28(4)43-36/h23-24,29-32H,6-22H2,1-5H3,(H2-,40,41,44,45,46,49)/p+1. The highest BCUT2D eigenvalue weighted by Gasteiger charge is 2.47. The number of quaternary nitrogens is 1. The van der Waals surface area contributed by atoms with Gasteiger partial charge in [-0.2, -0.15) is 17.0 Å². The van der Waals surface area contributed by atoms with Crippen molar-refractivity contribution in [3.8, 4) is 22.8 Å². The number of hydrogen-bond donors (Lipinski definition) is 3. The predicted octanol–water partition coefficient (Wildman–Crippen LogP) is 7.72. The fourth-order valence-corrected chi connectivity index (χ4v) is 13.4. The van der Waals surface area contributed by atoms with Crippen LogP contribution in [-0.4, -0.2) is 115 Å². The number of anilines is 2. The Kier molecular flexibility index (Phi) is 14.4. The summed E-state index contributed by atoms with van der Waals surface area (Å²) >= 11 is 6.58. The van der Waals surface area contributed by atoms with Gasteiger partial charge in [-0.15, -0.1) is 45.3 Å². The molecule has 0 aromatic carbocycles. The summed E-state index contributed by atoms with van der Waals surface area (Å²) < 4.78 is 42.2. The average molecular weight is 893 g/mol. The number of hydrogen-bond acceptors (Lipinski definition) is 15. The molecule has 4 aromatic heterocycles. The van der Waals surface area contributed by atoms with E-state index in [9.17, 15) is 13.2 Å². The van der Waals surface area contributed by atoms with Crippen molar-refractivity contribution in [2.24, 2.45) is 17.8 Å². The molecule has 1 aliphatic heterocycles.